The molecule has 4 rings (SSSR count). The fraction of sp³-hybridized carbons (Fsp3) is 0.483. The van der Waals surface area contributed by atoms with Crippen molar-refractivity contribution in [2.75, 3.05) is 26.2 Å². The van der Waals surface area contributed by atoms with E-state index in [4.69, 9.17) is 0 Å². The number of carbonyl (C=O) groups is 1. The summed E-state index contributed by atoms with van der Waals surface area (Å²) in [4.78, 5) is 18.3. The molecule has 0 spiro atoms. The van der Waals surface area contributed by atoms with Crippen LogP contribution < -0.4 is 0 Å². The Balaban J connectivity index is 1.68. The number of hydrogen-bond donors (Lipinski definition) is 1. The van der Waals surface area contributed by atoms with Gasteiger partial charge in [-0.1, -0.05) is 50.3 Å². The van der Waals surface area contributed by atoms with Crippen molar-refractivity contribution in [3.63, 3.8) is 0 Å². The minimum absolute atomic E-state index is 0.0223. The number of phenolic OH excluding ortho intramolecular Hbond substituents is 1. The molecule has 0 radical (unpaired) electrons. The molecule has 1 aliphatic carbocycles. The van der Waals surface area contributed by atoms with Gasteiger partial charge in [-0.15, -0.1) is 6.58 Å². The summed E-state index contributed by atoms with van der Waals surface area (Å²) in [5, 5.41) is 10.3. The van der Waals surface area contributed by atoms with Crippen LogP contribution in [0.2, 0.25) is 0 Å². The maximum atomic E-state index is 13.6. The van der Waals surface area contributed by atoms with Crippen molar-refractivity contribution in [1.29, 1.82) is 0 Å². The number of hydrogen-bond acceptors (Lipinski definition) is 3. The van der Waals surface area contributed by atoms with Gasteiger partial charge in [0, 0.05) is 36.7 Å². The van der Waals surface area contributed by atoms with Crippen LogP contribution in [0.5, 0.6) is 5.75 Å². The Labute approximate surface area is 198 Å². The van der Waals surface area contributed by atoms with E-state index in [-0.39, 0.29) is 17.4 Å². The molecule has 1 amide bonds. The molecular weight excluding hydrogens is 408 g/mol. The first kappa shape index (κ1) is 23.6. The summed E-state index contributed by atoms with van der Waals surface area (Å²) in [6, 6.07) is 17.8. The van der Waals surface area contributed by atoms with E-state index in [1.54, 1.807) is 6.07 Å². The summed E-state index contributed by atoms with van der Waals surface area (Å²) in [5.41, 5.74) is 1.98. The van der Waals surface area contributed by atoms with Crippen LogP contribution in [0.4, 0.5) is 0 Å². The second-order valence-electron chi connectivity index (χ2n) is 10.4. The number of rotatable bonds is 7. The number of benzene rings is 2. The maximum Gasteiger partial charge on any atom is 0.254 e. The van der Waals surface area contributed by atoms with E-state index in [0.717, 1.165) is 57.4 Å². The molecule has 4 nitrogen and oxygen atoms in total. The molecule has 2 aromatic rings. The lowest BCUT2D eigenvalue weighted by Gasteiger charge is -2.54. The number of likely N-dealkylation sites (tertiary alicyclic amines) is 1. The molecular formula is C29H38N2O2. The fourth-order valence-electron chi connectivity index (χ4n) is 6.16. The Kier molecular flexibility index (Phi) is 7.23. The lowest BCUT2D eigenvalue weighted by molar-refractivity contribution is 0.0138. The zero-order chi connectivity index (χ0) is 23.4. The van der Waals surface area contributed by atoms with Crippen molar-refractivity contribution < 1.29 is 9.90 Å². The Morgan fingerprint density at radius 2 is 2.00 bits per heavy atom. The highest BCUT2D eigenvalue weighted by molar-refractivity contribution is 5.94. The summed E-state index contributed by atoms with van der Waals surface area (Å²) < 4.78 is 0. The Bertz CT molecular complexity index is 957. The van der Waals surface area contributed by atoms with Gasteiger partial charge in [0.05, 0.1) is 0 Å². The molecule has 33 heavy (non-hydrogen) atoms. The summed E-state index contributed by atoms with van der Waals surface area (Å²) in [6.07, 6.45) is 6.10. The number of aromatic hydroxyl groups is 1. The van der Waals surface area contributed by atoms with Crippen LogP contribution in [0.3, 0.4) is 0 Å². The van der Waals surface area contributed by atoms with Crippen molar-refractivity contribution in [2.45, 2.75) is 51.0 Å². The van der Waals surface area contributed by atoms with Gasteiger partial charge in [0.2, 0.25) is 0 Å². The molecule has 1 aliphatic heterocycles. The first-order valence-corrected chi connectivity index (χ1v) is 12.4. The van der Waals surface area contributed by atoms with Crippen LogP contribution in [0.25, 0.3) is 0 Å². The zero-order valence-corrected chi connectivity index (χ0v) is 20.1. The lowest BCUT2D eigenvalue weighted by atomic mass is 9.57. The highest BCUT2D eigenvalue weighted by atomic mass is 16.3. The number of amides is 1. The van der Waals surface area contributed by atoms with Crippen molar-refractivity contribution in [1.82, 2.24) is 9.80 Å². The minimum atomic E-state index is -0.0223. The number of piperidine rings is 1. The monoisotopic (exact) mass is 446 g/mol. The normalized spacial score (nSPS) is 25.4. The second kappa shape index (κ2) is 10.1. The minimum Gasteiger partial charge on any atom is -0.508 e. The zero-order valence-electron chi connectivity index (χ0n) is 20.1. The summed E-state index contributed by atoms with van der Waals surface area (Å²) >= 11 is 0. The van der Waals surface area contributed by atoms with Crippen LogP contribution >= 0.6 is 0 Å². The Hall–Kier alpha value is -2.59. The SMILES string of the molecule is C=CCN1CC[C@@]2(c3cccc(O)c3)C[C@@H](N(CC(C)C)C(=O)c3ccccc3)CC[C@@H]2C1. The molecule has 2 aliphatic rings. The molecule has 1 heterocycles. The molecule has 1 N–H and O–H groups in total. The van der Waals surface area contributed by atoms with E-state index in [0.29, 0.717) is 17.6 Å². The molecule has 1 saturated heterocycles. The molecule has 0 aromatic heterocycles. The molecule has 2 aromatic carbocycles. The molecule has 176 valence electrons. The van der Waals surface area contributed by atoms with Gasteiger partial charge in [0.1, 0.15) is 5.75 Å². The van der Waals surface area contributed by atoms with Gasteiger partial charge >= 0.3 is 0 Å². The topological polar surface area (TPSA) is 43.8 Å². The summed E-state index contributed by atoms with van der Waals surface area (Å²) in [6.45, 7) is 12.1. The number of fused-ring (bicyclic) bond motifs is 1. The van der Waals surface area contributed by atoms with E-state index in [9.17, 15) is 9.90 Å². The predicted molar refractivity (Wildman–Crippen MR) is 134 cm³/mol. The van der Waals surface area contributed by atoms with Gasteiger partial charge in [-0.3, -0.25) is 9.69 Å². The average Bonchev–Trinajstić information content (AvgIpc) is 2.82. The van der Waals surface area contributed by atoms with Gasteiger partial charge in [-0.05, 0) is 73.9 Å². The third kappa shape index (κ3) is 5.01. The van der Waals surface area contributed by atoms with Crippen LogP contribution in [0, 0.1) is 11.8 Å². The van der Waals surface area contributed by atoms with E-state index < -0.39 is 0 Å². The lowest BCUT2D eigenvalue weighted by Crippen LogP contribution is -2.57. The van der Waals surface area contributed by atoms with E-state index in [1.165, 1.54) is 5.56 Å². The van der Waals surface area contributed by atoms with Crippen molar-refractivity contribution in [3.05, 3.63) is 78.4 Å². The molecule has 3 atom stereocenters. The van der Waals surface area contributed by atoms with Gasteiger partial charge in [-0.25, -0.2) is 0 Å². The predicted octanol–water partition coefficient (Wildman–Crippen LogP) is 5.49. The smallest absolute Gasteiger partial charge is 0.254 e. The van der Waals surface area contributed by atoms with Gasteiger partial charge in [0.15, 0.2) is 0 Å². The first-order valence-electron chi connectivity index (χ1n) is 12.4. The van der Waals surface area contributed by atoms with Crippen molar-refractivity contribution in [2.24, 2.45) is 11.8 Å². The van der Waals surface area contributed by atoms with E-state index in [2.05, 4.69) is 36.3 Å². The van der Waals surface area contributed by atoms with Crippen molar-refractivity contribution in [3.8, 4) is 5.75 Å². The van der Waals surface area contributed by atoms with Gasteiger partial charge in [-0.2, -0.15) is 0 Å². The maximum absolute atomic E-state index is 13.6. The summed E-state index contributed by atoms with van der Waals surface area (Å²) in [7, 11) is 0. The molecule has 4 heteroatoms. The quantitative estimate of drug-likeness (QED) is 0.572. The molecule has 1 saturated carbocycles. The van der Waals surface area contributed by atoms with Crippen molar-refractivity contribution >= 4 is 5.91 Å². The van der Waals surface area contributed by atoms with Crippen LogP contribution in [0.15, 0.2) is 67.3 Å². The largest absolute Gasteiger partial charge is 0.508 e. The Morgan fingerprint density at radius 1 is 1.21 bits per heavy atom. The van der Waals surface area contributed by atoms with Gasteiger partial charge < -0.3 is 10.0 Å². The molecule has 0 unspecified atom stereocenters. The standard InChI is InChI=1S/C29H38N2O2/c1-4-16-30-17-15-29(24-11-8-12-27(32)18-24)19-26(14-13-25(29)21-30)31(20-22(2)3)28(33)23-9-6-5-7-10-23/h4-12,18,22,25-26,32H,1,13-17,19-21H2,2-3H3/t25-,26+,29+/m1/s1. The number of phenols is 1. The molecule has 2 fully saturated rings. The van der Waals surface area contributed by atoms with Crippen LogP contribution in [-0.4, -0.2) is 53.0 Å². The van der Waals surface area contributed by atoms with E-state index in [1.807, 2.05) is 48.5 Å². The average molecular weight is 447 g/mol. The van der Waals surface area contributed by atoms with Crippen LogP contribution in [0.1, 0.15) is 55.5 Å². The third-order valence-electron chi connectivity index (χ3n) is 7.68. The summed E-state index contributed by atoms with van der Waals surface area (Å²) in [5.74, 6) is 1.39. The molecule has 0 bridgehead atoms. The van der Waals surface area contributed by atoms with E-state index >= 15 is 0 Å². The Morgan fingerprint density at radius 3 is 2.70 bits per heavy atom. The van der Waals surface area contributed by atoms with Gasteiger partial charge in [0.25, 0.3) is 5.91 Å². The van der Waals surface area contributed by atoms with Crippen LogP contribution in [-0.2, 0) is 5.41 Å². The number of carbonyl (C=O) groups excluding carboxylic acids is 1. The first-order chi connectivity index (χ1) is 15.9. The highest BCUT2D eigenvalue weighted by Gasteiger charge is 2.49. The second-order valence-corrected chi connectivity index (χ2v) is 10.4. The highest BCUT2D eigenvalue weighted by Crippen LogP contribution is 2.50. The number of nitrogens with zero attached hydrogens (tertiary/aromatic N) is 2. The fourth-order valence-corrected chi connectivity index (χ4v) is 6.16. The third-order valence-corrected chi connectivity index (χ3v) is 7.68.